The first-order valence-corrected chi connectivity index (χ1v) is 7.97. The van der Waals surface area contributed by atoms with Crippen molar-refractivity contribution >= 4 is 16.0 Å². The van der Waals surface area contributed by atoms with Gasteiger partial charge in [-0.1, -0.05) is 5.10 Å². The van der Waals surface area contributed by atoms with Crippen LogP contribution in [0.15, 0.2) is 4.42 Å². The van der Waals surface area contributed by atoms with E-state index >= 15 is 0 Å². The molecule has 8 nitrogen and oxygen atoms in total. The number of aromatic nitrogens is 2. The molecule has 1 unspecified atom stereocenters. The van der Waals surface area contributed by atoms with Gasteiger partial charge in [-0.15, -0.1) is 5.10 Å². The highest BCUT2D eigenvalue weighted by Gasteiger charge is 2.26. The van der Waals surface area contributed by atoms with Crippen LogP contribution in [0.25, 0.3) is 0 Å². The van der Waals surface area contributed by atoms with Crippen molar-refractivity contribution in [2.24, 2.45) is 0 Å². The largest absolute Gasteiger partial charge is 0.406 e. The van der Waals surface area contributed by atoms with Crippen molar-refractivity contribution < 1.29 is 12.8 Å². The molecule has 9 heteroatoms. The zero-order chi connectivity index (χ0) is 14.0. The molecule has 1 saturated heterocycles. The Morgan fingerprint density at radius 1 is 1.26 bits per heavy atom. The topological polar surface area (TPSA) is 91.6 Å². The molecule has 1 aromatic heterocycles. The Morgan fingerprint density at radius 3 is 2.42 bits per heavy atom. The second-order valence-electron chi connectivity index (χ2n) is 4.58. The van der Waals surface area contributed by atoms with E-state index in [-0.39, 0.29) is 6.04 Å². The summed E-state index contributed by atoms with van der Waals surface area (Å²) in [5, 5.41) is 11.0. The van der Waals surface area contributed by atoms with Crippen LogP contribution in [0.3, 0.4) is 0 Å². The Balaban J connectivity index is 2.00. The van der Waals surface area contributed by atoms with Crippen LogP contribution >= 0.6 is 0 Å². The molecule has 19 heavy (non-hydrogen) atoms. The maximum absolute atomic E-state index is 11.4. The van der Waals surface area contributed by atoms with Crippen molar-refractivity contribution in [1.29, 1.82) is 0 Å². The summed E-state index contributed by atoms with van der Waals surface area (Å²) in [5.74, 6) is 0.531. The Hall–Kier alpha value is -1.19. The third-order valence-corrected chi connectivity index (χ3v) is 4.51. The van der Waals surface area contributed by atoms with Crippen molar-refractivity contribution in [1.82, 2.24) is 19.8 Å². The number of sulfonamides is 1. The van der Waals surface area contributed by atoms with Gasteiger partial charge in [0.05, 0.1) is 12.3 Å². The third-order valence-electron chi connectivity index (χ3n) is 3.21. The van der Waals surface area contributed by atoms with Gasteiger partial charge in [0, 0.05) is 26.2 Å². The lowest BCUT2D eigenvalue weighted by Crippen LogP contribution is -2.48. The van der Waals surface area contributed by atoms with Crippen molar-refractivity contribution in [3.8, 4) is 0 Å². The Morgan fingerprint density at radius 2 is 1.89 bits per heavy atom. The Labute approximate surface area is 112 Å². The first-order valence-electron chi connectivity index (χ1n) is 6.12. The van der Waals surface area contributed by atoms with Crippen LogP contribution in [0, 0.1) is 0 Å². The number of piperazine rings is 1. The molecule has 0 aliphatic carbocycles. The minimum absolute atomic E-state index is 0.00133. The maximum atomic E-state index is 11.4. The number of hydrogen-bond acceptors (Lipinski definition) is 7. The van der Waals surface area contributed by atoms with Gasteiger partial charge in [0.1, 0.15) is 0 Å². The highest BCUT2D eigenvalue weighted by atomic mass is 32.2. The van der Waals surface area contributed by atoms with Gasteiger partial charge in [-0.2, -0.15) is 4.31 Å². The van der Waals surface area contributed by atoms with Crippen molar-refractivity contribution in [2.75, 3.05) is 44.4 Å². The average Bonchev–Trinajstić information content (AvgIpc) is 2.86. The van der Waals surface area contributed by atoms with E-state index in [0.717, 1.165) is 0 Å². The zero-order valence-electron chi connectivity index (χ0n) is 11.3. The maximum Gasteiger partial charge on any atom is 0.318 e. The van der Waals surface area contributed by atoms with Gasteiger partial charge in [0.15, 0.2) is 0 Å². The van der Waals surface area contributed by atoms with E-state index in [0.29, 0.717) is 38.1 Å². The predicted molar refractivity (Wildman–Crippen MR) is 70.4 cm³/mol. The lowest BCUT2D eigenvalue weighted by molar-refractivity contribution is 0.366. The number of nitrogens with one attached hydrogen (secondary N) is 1. The highest BCUT2D eigenvalue weighted by molar-refractivity contribution is 7.88. The average molecular weight is 289 g/mol. The Kier molecular flexibility index (Phi) is 4.07. The molecule has 1 fully saturated rings. The second-order valence-corrected chi connectivity index (χ2v) is 6.56. The summed E-state index contributed by atoms with van der Waals surface area (Å²) >= 11 is 0. The summed E-state index contributed by atoms with van der Waals surface area (Å²) in [5.41, 5.74) is 0. The molecule has 0 spiro atoms. The van der Waals surface area contributed by atoms with Crippen LogP contribution in [-0.4, -0.2) is 62.4 Å². The van der Waals surface area contributed by atoms with Gasteiger partial charge >= 0.3 is 6.01 Å². The van der Waals surface area contributed by atoms with E-state index in [1.807, 2.05) is 18.9 Å². The van der Waals surface area contributed by atoms with Crippen LogP contribution < -0.4 is 10.2 Å². The first-order chi connectivity index (χ1) is 8.91. The summed E-state index contributed by atoms with van der Waals surface area (Å²) in [6.07, 6.45) is 1.22. The van der Waals surface area contributed by atoms with E-state index < -0.39 is 10.0 Å². The monoisotopic (exact) mass is 289 g/mol. The zero-order valence-corrected chi connectivity index (χ0v) is 12.1. The van der Waals surface area contributed by atoms with Crippen LogP contribution in [0.2, 0.25) is 0 Å². The molecule has 2 rings (SSSR count). The molecule has 1 aliphatic rings. The quantitative estimate of drug-likeness (QED) is 0.793. The summed E-state index contributed by atoms with van der Waals surface area (Å²) < 4.78 is 29.8. The highest BCUT2D eigenvalue weighted by Crippen LogP contribution is 2.18. The van der Waals surface area contributed by atoms with E-state index in [1.54, 1.807) is 0 Å². The minimum Gasteiger partial charge on any atom is -0.406 e. The van der Waals surface area contributed by atoms with E-state index in [1.165, 1.54) is 10.6 Å². The summed E-state index contributed by atoms with van der Waals surface area (Å²) in [4.78, 5) is 1.90. The predicted octanol–water partition coefficient (Wildman–Crippen LogP) is -0.568. The number of rotatable bonds is 4. The smallest absolute Gasteiger partial charge is 0.318 e. The molecular formula is C10H19N5O3S. The lowest BCUT2D eigenvalue weighted by atomic mass is 10.3. The van der Waals surface area contributed by atoms with Gasteiger partial charge in [0.2, 0.25) is 15.9 Å². The van der Waals surface area contributed by atoms with Gasteiger partial charge in [-0.05, 0) is 14.0 Å². The summed E-state index contributed by atoms with van der Waals surface area (Å²) in [7, 11) is -1.29. The first kappa shape index (κ1) is 14.2. The number of hydrogen-bond donors (Lipinski definition) is 1. The van der Waals surface area contributed by atoms with E-state index in [4.69, 9.17) is 4.42 Å². The molecule has 1 aliphatic heterocycles. The van der Waals surface area contributed by atoms with Crippen molar-refractivity contribution in [3.05, 3.63) is 5.89 Å². The van der Waals surface area contributed by atoms with Crippen LogP contribution in [-0.2, 0) is 10.0 Å². The third kappa shape index (κ3) is 3.23. The molecular weight excluding hydrogens is 270 g/mol. The van der Waals surface area contributed by atoms with Gasteiger partial charge in [-0.3, -0.25) is 0 Å². The summed E-state index contributed by atoms with van der Waals surface area (Å²) in [6.45, 7) is 3.93. The van der Waals surface area contributed by atoms with E-state index in [2.05, 4.69) is 15.5 Å². The molecule has 1 aromatic rings. The fraction of sp³-hybridized carbons (Fsp3) is 0.800. The number of anilines is 1. The molecule has 0 amide bonds. The molecule has 0 aromatic carbocycles. The normalized spacial score (nSPS) is 19.6. The summed E-state index contributed by atoms with van der Waals surface area (Å²) in [6, 6.07) is 0.448. The minimum atomic E-state index is -3.11. The van der Waals surface area contributed by atoms with Gasteiger partial charge in [0.25, 0.3) is 0 Å². The van der Waals surface area contributed by atoms with Gasteiger partial charge < -0.3 is 14.6 Å². The SMILES string of the molecule is CNC(C)c1nnc(N2CCN(S(C)(=O)=O)CC2)o1. The number of nitrogens with zero attached hydrogens (tertiary/aromatic N) is 4. The molecule has 1 N–H and O–H groups in total. The van der Waals surface area contributed by atoms with Crippen LogP contribution in [0.4, 0.5) is 6.01 Å². The molecule has 108 valence electrons. The van der Waals surface area contributed by atoms with Crippen LogP contribution in [0.1, 0.15) is 18.9 Å². The fourth-order valence-electron chi connectivity index (χ4n) is 1.86. The van der Waals surface area contributed by atoms with Crippen molar-refractivity contribution in [3.63, 3.8) is 0 Å². The van der Waals surface area contributed by atoms with Crippen molar-refractivity contribution in [2.45, 2.75) is 13.0 Å². The standard InChI is InChI=1S/C10H19N5O3S/c1-8(11-2)9-12-13-10(18-9)14-4-6-15(7-5-14)19(3,16)17/h8,11H,4-7H2,1-3H3. The fourth-order valence-corrected chi connectivity index (χ4v) is 2.69. The molecule has 0 saturated carbocycles. The molecule has 0 bridgehead atoms. The Bertz CT molecular complexity index is 521. The molecule has 2 heterocycles. The second kappa shape index (κ2) is 5.43. The van der Waals surface area contributed by atoms with E-state index in [9.17, 15) is 8.42 Å². The lowest BCUT2D eigenvalue weighted by Gasteiger charge is -2.31. The van der Waals surface area contributed by atoms with Gasteiger partial charge in [-0.25, -0.2) is 8.42 Å². The molecule has 0 radical (unpaired) electrons. The molecule has 1 atom stereocenters. The van der Waals surface area contributed by atoms with Crippen LogP contribution in [0.5, 0.6) is 0 Å².